The molecule has 2 aliphatic rings. The molecule has 8 heteroatoms. The second-order valence-electron chi connectivity index (χ2n) is 7.36. The molecule has 6 N–H and O–H groups in total. The van der Waals surface area contributed by atoms with E-state index < -0.39 is 5.66 Å². The van der Waals surface area contributed by atoms with E-state index in [2.05, 4.69) is 20.6 Å². The van der Waals surface area contributed by atoms with Crippen LogP contribution in [0.2, 0.25) is 0 Å². The summed E-state index contributed by atoms with van der Waals surface area (Å²) in [5, 5.41) is 6.26. The van der Waals surface area contributed by atoms with Crippen LogP contribution in [0.15, 0.2) is 78.9 Å². The molecular weight excluding hydrogens is 392 g/mol. The Kier molecular flexibility index (Phi) is 4.32. The van der Waals surface area contributed by atoms with Crippen molar-refractivity contribution in [3.8, 4) is 11.5 Å². The fraction of sp³-hybridized carbons (Fsp3) is 0.0870. The van der Waals surface area contributed by atoms with Gasteiger partial charge in [0.2, 0.25) is 0 Å². The molecular formula is C23H22N6O2+2. The van der Waals surface area contributed by atoms with Gasteiger partial charge >= 0.3 is 23.5 Å². The topological polar surface area (TPSA) is 108 Å². The minimum atomic E-state index is -1.18. The first-order valence-electron chi connectivity index (χ1n) is 9.85. The summed E-state index contributed by atoms with van der Waals surface area (Å²) in [6.07, 6.45) is 0. The van der Waals surface area contributed by atoms with Crippen LogP contribution in [0.1, 0.15) is 5.56 Å². The molecule has 5 rings (SSSR count). The standard InChI is InChI=1S/C23H20N6O2/c1-29-19-10-6-5-9-18(19)23(20(29)30)27-21(24)26-22(28-23)25-15-11-13-17(14-12-15)31-16-7-3-2-4-8-16/h2-14H,1H3,(H4,24,25,26,27,28)/p+2/t23-/m0/s1. The van der Waals surface area contributed by atoms with Crippen molar-refractivity contribution < 1.29 is 19.5 Å². The van der Waals surface area contributed by atoms with Crippen LogP contribution in [0.5, 0.6) is 11.5 Å². The molecule has 0 aliphatic carbocycles. The zero-order valence-electron chi connectivity index (χ0n) is 16.8. The highest BCUT2D eigenvalue weighted by Gasteiger charge is 2.55. The predicted octanol–water partition coefficient (Wildman–Crippen LogP) is -0.845. The van der Waals surface area contributed by atoms with Gasteiger partial charge in [0.1, 0.15) is 11.5 Å². The largest absolute Gasteiger partial charge is 0.457 e. The van der Waals surface area contributed by atoms with Gasteiger partial charge in [0.25, 0.3) is 0 Å². The highest BCUT2D eigenvalue weighted by molar-refractivity contribution is 6.07. The number of carbonyl (C=O) groups excluding carboxylic acids is 1. The van der Waals surface area contributed by atoms with Gasteiger partial charge in [-0.15, -0.1) is 0 Å². The number of anilines is 2. The number of benzene rings is 3. The van der Waals surface area contributed by atoms with Gasteiger partial charge in [0, 0.05) is 7.05 Å². The number of carbonyl (C=O) groups is 1. The smallest absolute Gasteiger partial charge is 0.361 e. The lowest BCUT2D eigenvalue weighted by Gasteiger charge is -2.22. The lowest BCUT2D eigenvalue weighted by atomic mass is 10.0. The molecule has 0 bridgehead atoms. The maximum atomic E-state index is 13.1. The Labute approximate surface area is 179 Å². The number of nitrogens with one attached hydrogen (secondary N) is 4. The molecule has 8 nitrogen and oxygen atoms in total. The molecule has 0 unspecified atom stereocenters. The molecule has 0 fully saturated rings. The number of guanidine groups is 2. The van der Waals surface area contributed by atoms with Crippen molar-refractivity contribution in [1.29, 1.82) is 0 Å². The van der Waals surface area contributed by atoms with Crippen LogP contribution in [0.4, 0.5) is 11.4 Å². The van der Waals surface area contributed by atoms with Crippen molar-refractivity contribution in [2.24, 2.45) is 5.73 Å². The van der Waals surface area contributed by atoms with Gasteiger partial charge in [0.15, 0.2) is 0 Å². The third-order valence-corrected chi connectivity index (χ3v) is 5.29. The van der Waals surface area contributed by atoms with E-state index in [9.17, 15) is 4.79 Å². The molecule has 1 atom stereocenters. The van der Waals surface area contributed by atoms with Gasteiger partial charge in [0.05, 0.1) is 16.9 Å². The average Bonchev–Trinajstić information content (AvgIpc) is 2.97. The third-order valence-electron chi connectivity index (χ3n) is 5.29. The Morgan fingerprint density at radius 3 is 2.39 bits per heavy atom. The molecule has 2 heterocycles. The van der Waals surface area contributed by atoms with E-state index >= 15 is 0 Å². The summed E-state index contributed by atoms with van der Waals surface area (Å²) in [5.41, 5.74) is 7.35. The van der Waals surface area contributed by atoms with Crippen LogP contribution in [0.3, 0.4) is 0 Å². The van der Waals surface area contributed by atoms with Gasteiger partial charge in [-0.1, -0.05) is 30.3 Å². The summed E-state index contributed by atoms with van der Waals surface area (Å²) in [5.74, 6) is 2.10. The molecule has 3 aromatic rings. The lowest BCUT2D eigenvalue weighted by Crippen LogP contribution is -3.14. The Balaban J connectivity index is 1.41. The number of hydrogen-bond donors (Lipinski definition) is 5. The first-order valence-corrected chi connectivity index (χ1v) is 9.85. The lowest BCUT2D eigenvalue weighted by molar-refractivity contribution is -0.789. The zero-order chi connectivity index (χ0) is 21.4. The van der Waals surface area contributed by atoms with E-state index in [-0.39, 0.29) is 11.9 Å². The second-order valence-corrected chi connectivity index (χ2v) is 7.36. The molecule has 0 aromatic heterocycles. The summed E-state index contributed by atoms with van der Waals surface area (Å²) in [6.45, 7) is 0. The molecule has 2 aliphatic heterocycles. The molecule has 1 spiro atoms. The van der Waals surface area contributed by atoms with Crippen molar-refractivity contribution in [3.63, 3.8) is 0 Å². The Bertz CT molecular complexity index is 1210. The van der Waals surface area contributed by atoms with Gasteiger partial charge in [-0.2, -0.15) is 5.32 Å². The molecule has 0 radical (unpaired) electrons. The number of hydrogen-bond acceptors (Lipinski definition) is 5. The van der Waals surface area contributed by atoms with E-state index in [1.165, 1.54) is 0 Å². The molecule has 3 aromatic carbocycles. The van der Waals surface area contributed by atoms with Crippen LogP contribution in [-0.4, -0.2) is 24.9 Å². The highest BCUT2D eigenvalue weighted by Crippen LogP contribution is 2.32. The van der Waals surface area contributed by atoms with Gasteiger partial charge in [-0.3, -0.25) is 10.5 Å². The Morgan fingerprint density at radius 2 is 1.61 bits per heavy atom. The summed E-state index contributed by atoms with van der Waals surface area (Å²) in [6, 6.07) is 24.7. The number of nitrogens with zero attached hydrogens (tertiary/aromatic N) is 1. The monoisotopic (exact) mass is 414 g/mol. The molecule has 154 valence electrons. The van der Waals surface area contributed by atoms with E-state index in [4.69, 9.17) is 10.5 Å². The fourth-order valence-electron chi connectivity index (χ4n) is 3.86. The predicted molar refractivity (Wildman–Crippen MR) is 117 cm³/mol. The average molecular weight is 414 g/mol. The number of para-hydroxylation sites is 2. The first-order chi connectivity index (χ1) is 15.0. The van der Waals surface area contributed by atoms with Crippen molar-refractivity contribution in [2.45, 2.75) is 5.66 Å². The third kappa shape index (κ3) is 3.24. The summed E-state index contributed by atoms with van der Waals surface area (Å²) in [4.78, 5) is 21.1. The molecule has 1 amide bonds. The van der Waals surface area contributed by atoms with Gasteiger partial charge < -0.3 is 9.64 Å². The first kappa shape index (κ1) is 18.7. The number of ether oxygens (including phenoxy) is 1. The summed E-state index contributed by atoms with van der Waals surface area (Å²) >= 11 is 0. The van der Waals surface area contributed by atoms with Gasteiger partial charge in [-0.05, 0) is 48.5 Å². The number of nitrogens with two attached hydrogens (primary N) is 1. The zero-order valence-corrected chi connectivity index (χ0v) is 16.8. The number of fused-ring (bicyclic) bond motifs is 2. The van der Waals surface area contributed by atoms with Crippen LogP contribution in [0.25, 0.3) is 0 Å². The molecule has 31 heavy (non-hydrogen) atoms. The maximum Gasteiger partial charge on any atom is 0.361 e. The quantitative estimate of drug-likeness (QED) is 0.384. The van der Waals surface area contributed by atoms with Crippen LogP contribution >= 0.6 is 0 Å². The van der Waals surface area contributed by atoms with Crippen molar-refractivity contribution in [2.75, 3.05) is 17.3 Å². The SMILES string of the molecule is CN1C(=O)[C@]2([NH+]=C(N)NC(Nc3ccc(Oc4ccccc4)cc3)=[NH+]2)c2ccccc21. The Hall–Kier alpha value is -4.33. The van der Waals surface area contributed by atoms with Crippen molar-refractivity contribution >= 4 is 29.2 Å². The highest BCUT2D eigenvalue weighted by atomic mass is 16.5. The fourth-order valence-corrected chi connectivity index (χ4v) is 3.86. The molecule has 0 saturated carbocycles. The summed E-state index contributed by atoms with van der Waals surface area (Å²) < 4.78 is 5.83. The minimum absolute atomic E-state index is 0.149. The normalized spacial score (nSPS) is 19.4. The van der Waals surface area contributed by atoms with E-state index in [0.717, 1.165) is 28.4 Å². The van der Waals surface area contributed by atoms with E-state index in [1.54, 1.807) is 11.9 Å². The summed E-state index contributed by atoms with van der Waals surface area (Å²) in [7, 11) is 1.75. The van der Waals surface area contributed by atoms with Crippen LogP contribution < -0.4 is 36.0 Å². The van der Waals surface area contributed by atoms with E-state index in [0.29, 0.717) is 5.96 Å². The van der Waals surface area contributed by atoms with Crippen molar-refractivity contribution in [3.05, 3.63) is 84.4 Å². The second kappa shape index (κ2) is 7.17. The number of rotatable bonds is 3. The van der Waals surface area contributed by atoms with Gasteiger partial charge in [-0.25, -0.2) is 15.3 Å². The van der Waals surface area contributed by atoms with E-state index in [1.807, 2.05) is 78.9 Å². The number of amides is 1. The Morgan fingerprint density at radius 1 is 0.935 bits per heavy atom. The number of likely N-dealkylation sites (N-methyl/N-ethyl adjacent to an activating group) is 1. The maximum absolute atomic E-state index is 13.1. The van der Waals surface area contributed by atoms with Crippen molar-refractivity contribution in [1.82, 2.24) is 5.32 Å². The minimum Gasteiger partial charge on any atom is -0.457 e. The van der Waals surface area contributed by atoms with Crippen LogP contribution in [0, 0.1) is 0 Å². The van der Waals surface area contributed by atoms with Crippen LogP contribution in [-0.2, 0) is 10.5 Å². The molecule has 0 saturated heterocycles.